The summed E-state index contributed by atoms with van der Waals surface area (Å²) in [4.78, 5) is 24.8. The number of carbonyl (C=O) groups is 2. The average molecular weight is 474 g/mol. The van der Waals surface area contributed by atoms with Crippen LogP contribution in [0.25, 0.3) is 0 Å². The fourth-order valence-electron chi connectivity index (χ4n) is 3.98. The molecule has 2 aliphatic rings. The number of methoxy groups -OCH3 is 1. The molecule has 0 radical (unpaired) electrons. The van der Waals surface area contributed by atoms with Crippen molar-refractivity contribution in [3.8, 4) is 11.5 Å². The van der Waals surface area contributed by atoms with Crippen LogP contribution in [0.3, 0.4) is 0 Å². The minimum absolute atomic E-state index is 0.0845. The van der Waals surface area contributed by atoms with Gasteiger partial charge < -0.3 is 20.1 Å². The Bertz CT molecular complexity index is 1140. The predicted octanol–water partition coefficient (Wildman–Crippen LogP) is 2.84. The van der Waals surface area contributed by atoms with E-state index in [9.17, 15) is 18.0 Å². The molecule has 1 fully saturated rings. The standard InChI is InChI=1S/C23H27N3O6S/c1-3-20-23(28)25-19-14-18(8-9-21(19)32-20)33(29,30)26-12-10-15(11-13-26)22(27)24-16-4-6-17(31-2)7-5-16/h4-9,14-15,20H,3,10-13H2,1-2H3,(H,24,27)(H,25,28)/t20-/m0/s1. The third-order valence-corrected chi connectivity index (χ3v) is 7.86. The Morgan fingerprint density at radius 1 is 1.18 bits per heavy atom. The molecule has 1 atom stereocenters. The highest BCUT2D eigenvalue weighted by molar-refractivity contribution is 7.89. The second-order valence-electron chi connectivity index (χ2n) is 8.06. The first-order valence-electron chi connectivity index (χ1n) is 10.9. The maximum atomic E-state index is 13.2. The van der Waals surface area contributed by atoms with Crippen molar-refractivity contribution in [3.63, 3.8) is 0 Å². The molecule has 2 amide bonds. The normalized spacial score (nSPS) is 19.2. The van der Waals surface area contributed by atoms with Gasteiger partial charge in [-0.3, -0.25) is 9.59 Å². The van der Waals surface area contributed by atoms with Gasteiger partial charge in [0, 0.05) is 24.7 Å². The molecule has 0 aromatic heterocycles. The number of anilines is 2. The lowest BCUT2D eigenvalue weighted by Gasteiger charge is -2.31. The summed E-state index contributed by atoms with van der Waals surface area (Å²) in [6.07, 6.45) is 0.781. The zero-order valence-corrected chi connectivity index (χ0v) is 19.4. The molecule has 0 aliphatic carbocycles. The Balaban J connectivity index is 1.39. The third-order valence-electron chi connectivity index (χ3n) is 5.96. The Kier molecular flexibility index (Phi) is 6.57. The lowest BCUT2D eigenvalue weighted by molar-refractivity contribution is -0.123. The van der Waals surface area contributed by atoms with Gasteiger partial charge in [-0.15, -0.1) is 0 Å². The summed E-state index contributed by atoms with van der Waals surface area (Å²) in [5.41, 5.74) is 1.01. The van der Waals surface area contributed by atoms with Crippen LogP contribution in [-0.4, -0.2) is 50.8 Å². The number of fused-ring (bicyclic) bond motifs is 1. The summed E-state index contributed by atoms with van der Waals surface area (Å²) < 4.78 is 38.5. The van der Waals surface area contributed by atoms with Gasteiger partial charge in [-0.05, 0) is 61.7 Å². The van der Waals surface area contributed by atoms with E-state index in [-0.39, 0.29) is 35.7 Å². The van der Waals surface area contributed by atoms with Gasteiger partial charge in [0.2, 0.25) is 15.9 Å². The van der Waals surface area contributed by atoms with Gasteiger partial charge in [0.05, 0.1) is 17.7 Å². The first-order valence-corrected chi connectivity index (χ1v) is 12.3. The zero-order valence-electron chi connectivity index (χ0n) is 18.5. The van der Waals surface area contributed by atoms with Gasteiger partial charge in [-0.1, -0.05) is 6.92 Å². The molecule has 0 unspecified atom stereocenters. The minimum atomic E-state index is -3.77. The van der Waals surface area contributed by atoms with Crippen molar-refractivity contribution in [2.45, 2.75) is 37.2 Å². The predicted molar refractivity (Wildman–Crippen MR) is 123 cm³/mol. The summed E-state index contributed by atoms with van der Waals surface area (Å²) in [6.45, 7) is 2.32. The molecule has 4 rings (SSSR count). The third kappa shape index (κ3) is 4.81. The molecule has 1 saturated heterocycles. The van der Waals surface area contributed by atoms with Gasteiger partial charge in [0.15, 0.2) is 6.10 Å². The number of nitrogens with zero attached hydrogens (tertiary/aromatic N) is 1. The number of piperidine rings is 1. The molecule has 2 aliphatic heterocycles. The summed E-state index contributed by atoms with van der Waals surface area (Å²) in [5, 5.41) is 5.60. The maximum Gasteiger partial charge on any atom is 0.265 e. The average Bonchev–Trinajstić information content (AvgIpc) is 2.83. The van der Waals surface area contributed by atoms with Gasteiger partial charge in [0.25, 0.3) is 5.91 Å². The van der Waals surface area contributed by atoms with E-state index < -0.39 is 16.1 Å². The SMILES string of the molecule is CC[C@@H]1Oc2ccc(S(=O)(=O)N3CCC(C(=O)Nc4ccc(OC)cc4)CC3)cc2NC1=O. The summed E-state index contributed by atoms with van der Waals surface area (Å²) in [6, 6.07) is 11.5. The largest absolute Gasteiger partial charge is 0.497 e. The van der Waals surface area contributed by atoms with Crippen LogP contribution in [-0.2, 0) is 19.6 Å². The molecule has 33 heavy (non-hydrogen) atoms. The van der Waals surface area contributed by atoms with Crippen molar-refractivity contribution in [2.24, 2.45) is 5.92 Å². The molecule has 9 nitrogen and oxygen atoms in total. The summed E-state index contributed by atoms with van der Waals surface area (Å²) in [5.74, 6) is 0.458. The van der Waals surface area contributed by atoms with Crippen LogP contribution in [0.5, 0.6) is 11.5 Å². The molecular weight excluding hydrogens is 446 g/mol. The van der Waals surface area contributed by atoms with E-state index in [2.05, 4.69) is 10.6 Å². The van der Waals surface area contributed by atoms with Crippen molar-refractivity contribution in [2.75, 3.05) is 30.8 Å². The van der Waals surface area contributed by atoms with E-state index in [1.807, 2.05) is 6.92 Å². The van der Waals surface area contributed by atoms with E-state index in [1.54, 1.807) is 37.4 Å². The van der Waals surface area contributed by atoms with Crippen LogP contribution in [0.15, 0.2) is 47.4 Å². The number of rotatable bonds is 6. The van der Waals surface area contributed by atoms with Crippen LogP contribution in [0.2, 0.25) is 0 Å². The van der Waals surface area contributed by atoms with E-state index in [1.165, 1.54) is 16.4 Å². The summed E-state index contributed by atoms with van der Waals surface area (Å²) >= 11 is 0. The Morgan fingerprint density at radius 2 is 1.88 bits per heavy atom. The molecule has 176 valence electrons. The van der Waals surface area contributed by atoms with E-state index >= 15 is 0 Å². The highest BCUT2D eigenvalue weighted by Crippen LogP contribution is 2.34. The van der Waals surface area contributed by atoms with Crippen molar-refractivity contribution in [3.05, 3.63) is 42.5 Å². The van der Waals surface area contributed by atoms with E-state index in [0.717, 1.165) is 0 Å². The van der Waals surface area contributed by atoms with Crippen LogP contribution in [0, 0.1) is 5.92 Å². The van der Waals surface area contributed by atoms with E-state index in [0.29, 0.717) is 42.1 Å². The lowest BCUT2D eigenvalue weighted by atomic mass is 9.97. The number of hydrogen-bond donors (Lipinski definition) is 2. The van der Waals surface area contributed by atoms with Crippen molar-refractivity contribution in [1.82, 2.24) is 4.31 Å². The molecule has 0 spiro atoms. The molecule has 10 heteroatoms. The Morgan fingerprint density at radius 3 is 2.52 bits per heavy atom. The maximum absolute atomic E-state index is 13.2. The number of sulfonamides is 1. The first kappa shape index (κ1) is 23.1. The van der Waals surface area contributed by atoms with Gasteiger partial charge in [-0.25, -0.2) is 8.42 Å². The van der Waals surface area contributed by atoms with Crippen LogP contribution in [0.1, 0.15) is 26.2 Å². The monoisotopic (exact) mass is 473 g/mol. The highest BCUT2D eigenvalue weighted by atomic mass is 32.2. The number of carbonyl (C=O) groups excluding carboxylic acids is 2. The zero-order chi connectivity index (χ0) is 23.6. The quantitative estimate of drug-likeness (QED) is 0.667. The Hall–Kier alpha value is -3.11. The second-order valence-corrected chi connectivity index (χ2v) is 10.00. The van der Waals surface area contributed by atoms with Crippen LogP contribution in [0.4, 0.5) is 11.4 Å². The van der Waals surface area contributed by atoms with Gasteiger partial charge in [-0.2, -0.15) is 4.31 Å². The second kappa shape index (κ2) is 9.40. The number of benzene rings is 2. The molecule has 2 heterocycles. The molecule has 0 saturated carbocycles. The smallest absolute Gasteiger partial charge is 0.265 e. The topological polar surface area (TPSA) is 114 Å². The van der Waals surface area contributed by atoms with Crippen LogP contribution >= 0.6 is 0 Å². The fourth-order valence-corrected chi connectivity index (χ4v) is 5.48. The molecule has 2 N–H and O–H groups in total. The number of amides is 2. The van der Waals surface area contributed by atoms with Gasteiger partial charge in [0.1, 0.15) is 11.5 Å². The molecule has 2 aromatic rings. The van der Waals surface area contributed by atoms with Crippen molar-refractivity contribution < 1.29 is 27.5 Å². The van der Waals surface area contributed by atoms with E-state index in [4.69, 9.17) is 9.47 Å². The van der Waals surface area contributed by atoms with Crippen molar-refractivity contribution >= 4 is 33.2 Å². The first-order chi connectivity index (χ1) is 15.8. The van der Waals surface area contributed by atoms with Gasteiger partial charge >= 0.3 is 0 Å². The minimum Gasteiger partial charge on any atom is -0.497 e. The van der Waals surface area contributed by atoms with Crippen LogP contribution < -0.4 is 20.1 Å². The molecular formula is C23H27N3O6S. The highest BCUT2D eigenvalue weighted by Gasteiger charge is 2.33. The molecule has 2 aromatic carbocycles. The summed E-state index contributed by atoms with van der Waals surface area (Å²) in [7, 11) is -2.19. The number of hydrogen-bond acceptors (Lipinski definition) is 6. The molecule has 0 bridgehead atoms. The fraction of sp³-hybridized carbons (Fsp3) is 0.391. The Labute approximate surface area is 193 Å². The number of ether oxygens (including phenoxy) is 2. The lowest BCUT2D eigenvalue weighted by Crippen LogP contribution is -2.41. The number of nitrogens with one attached hydrogen (secondary N) is 2. The van der Waals surface area contributed by atoms with Crippen molar-refractivity contribution in [1.29, 1.82) is 0 Å².